The summed E-state index contributed by atoms with van der Waals surface area (Å²) in [5.41, 5.74) is 7.19. The Hall–Kier alpha value is -0.940. The van der Waals surface area contributed by atoms with E-state index < -0.39 is 0 Å². The van der Waals surface area contributed by atoms with Gasteiger partial charge in [0.25, 0.3) is 0 Å². The van der Waals surface area contributed by atoms with E-state index in [-0.39, 0.29) is 0 Å². The highest BCUT2D eigenvalue weighted by molar-refractivity contribution is 7.71. The van der Waals surface area contributed by atoms with Crippen LogP contribution in [0.1, 0.15) is 19.4 Å². The number of aromatic amines is 1. The lowest BCUT2D eigenvalue weighted by molar-refractivity contribution is 0.651. The number of aromatic nitrogens is 2. The van der Waals surface area contributed by atoms with Crippen molar-refractivity contribution in [2.45, 2.75) is 20.3 Å². The van der Waals surface area contributed by atoms with Crippen molar-refractivity contribution >= 4 is 39.6 Å². The van der Waals surface area contributed by atoms with Crippen molar-refractivity contribution in [3.8, 4) is 0 Å². The second-order valence-corrected chi connectivity index (χ2v) is 5.24. The molecule has 0 atom stereocenters. The Morgan fingerprint density at radius 2 is 2.33 bits per heavy atom. The molecule has 2 aromatic rings. The Labute approximate surface area is 97.4 Å². The van der Waals surface area contributed by atoms with Crippen molar-refractivity contribution in [1.29, 1.82) is 0 Å². The van der Waals surface area contributed by atoms with Crippen LogP contribution in [0.3, 0.4) is 0 Å². The van der Waals surface area contributed by atoms with E-state index in [9.17, 15) is 0 Å². The quantitative estimate of drug-likeness (QED) is 0.792. The van der Waals surface area contributed by atoms with E-state index in [0.29, 0.717) is 16.5 Å². The summed E-state index contributed by atoms with van der Waals surface area (Å²) in [4.78, 5) is 8.10. The van der Waals surface area contributed by atoms with Crippen LogP contribution < -0.4 is 5.73 Å². The molecular formula is C10H13N3S2. The predicted molar refractivity (Wildman–Crippen MR) is 67.8 cm³/mol. The SMILES string of the molecule is CC(C)Cc1csc2nc(=S)[nH]c(N)c12. The van der Waals surface area contributed by atoms with Gasteiger partial charge in [-0.2, -0.15) is 0 Å². The molecule has 2 rings (SSSR count). The molecule has 80 valence electrons. The zero-order valence-corrected chi connectivity index (χ0v) is 10.3. The fourth-order valence-corrected chi connectivity index (χ4v) is 2.87. The van der Waals surface area contributed by atoms with E-state index in [1.165, 1.54) is 5.56 Å². The molecule has 0 saturated heterocycles. The van der Waals surface area contributed by atoms with Gasteiger partial charge in [0, 0.05) is 0 Å². The highest BCUT2D eigenvalue weighted by Crippen LogP contribution is 2.29. The summed E-state index contributed by atoms with van der Waals surface area (Å²) < 4.78 is 0.456. The van der Waals surface area contributed by atoms with Crippen LogP contribution >= 0.6 is 23.6 Å². The molecule has 3 nitrogen and oxygen atoms in total. The van der Waals surface area contributed by atoms with Crippen molar-refractivity contribution in [3.05, 3.63) is 15.7 Å². The van der Waals surface area contributed by atoms with Gasteiger partial charge in [-0.05, 0) is 35.5 Å². The molecule has 0 aromatic carbocycles. The van der Waals surface area contributed by atoms with Crippen molar-refractivity contribution in [1.82, 2.24) is 9.97 Å². The molecule has 0 amide bonds. The number of rotatable bonds is 2. The van der Waals surface area contributed by atoms with Crippen LogP contribution in [0.5, 0.6) is 0 Å². The van der Waals surface area contributed by atoms with Gasteiger partial charge in [0.1, 0.15) is 10.6 Å². The highest BCUT2D eigenvalue weighted by Gasteiger charge is 2.10. The summed E-state index contributed by atoms with van der Waals surface area (Å²) in [7, 11) is 0. The normalized spacial score (nSPS) is 11.4. The Bertz CT molecular complexity index is 539. The fraction of sp³-hybridized carbons (Fsp3) is 0.400. The van der Waals surface area contributed by atoms with Gasteiger partial charge >= 0.3 is 0 Å². The van der Waals surface area contributed by atoms with E-state index in [1.807, 2.05) is 0 Å². The summed E-state index contributed by atoms with van der Waals surface area (Å²) in [6, 6.07) is 0. The first kappa shape index (κ1) is 10.6. The smallest absolute Gasteiger partial charge is 0.199 e. The molecule has 0 fully saturated rings. The minimum Gasteiger partial charge on any atom is -0.385 e. The van der Waals surface area contributed by atoms with E-state index in [2.05, 4.69) is 29.2 Å². The molecule has 5 heteroatoms. The standard InChI is InChI=1S/C10H13N3S2/c1-5(2)3-6-4-15-9-7(6)8(11)12-10(14)13-9/h4-5H,3H2,1-2H3,(H3,11,12,13,14). The Morgan fingerprint density at radius 1 is 1.60 bits per heavy atom. The number of hydrogen-bond acceptors (Lipinski definition) is 4. The van der Waals surface area contributed by atoms with Crippen LogP contribution in [0.15, 0.2) is 5.38 Å². The maximum Gasteiger partial charge on any atom is 0.199 e. The summed E-state index contributed by atoms with van der Waals surface area (Å²) in [5.74, 6) is 1.26. The van der Waals surface area contributed by atoms with Gasteiger partial charge in [0.05, 0.1) is 5.39 Å². The van der Waals surface area contributed by atoms with E-state index in [4.69, 9.17) is 18.0 Å². The molecule has 3 N–H and O–H groups in total. The number of nitrogens with one attached hydrogen (secondary N) is 1. The summed E-state index contributed by atoms with van der Waals surface area (Å²) >= 11 is 6.59. The van der Waals surface area contributed by atoms with Gasteiger partial charge in [-0.15, -0.1) is 11.3 Å². The monoisotopic (exact) mass is 239 g/mol. The van der Waals surface area contributed by atoms with Crippen LogP contribution in [-0.2, 0) is 6.42 Å². The Kier molecular flexibility index (Phi) is 2.75. The third-order valence-electron chi connectivity index (χ3n) is 2.19. The second kappa shape index (κ2) is 3.90. The summed E-state index contributed by atoms with van der Waals surface area (Å²) in [6.45, 7) is 4.39. The third kappa shape index (κ3) is 2.03. The zero-order valence-electron chi connectivity index (χ0n) is 8.70. The molecule has 0 radical (unpaired) electrons. The summed E-state index contributed by atoms with van der Waals surface area (Å²) in [6.07, 6.45) is 1.02. The number of fused-ring (bicyclic) bond motifs is 1. The molecule has 0 saturated carbocycles. The number of nitrogen functional groups attached to an aromatic ring is 1. The van der Waals surface area contributed by atoms with E-state index >= 15 is 0 Å². The van der Waals surface area contributed by atoms with Gasteiger partial charge < -0.3 is 10.7 Å². The molecule has 0 bridgehead atoms. The van der Waals surface area contributed by atoms with E-state index in [0.717, 1.165) is 16.6 Å². The number of thiophene rings is 1. The van der Waals surface area contributed by atoms with Crippen molar-refractivity contribution in [2.75, 3.05) is 5.73 Å². The highest BCUT2D eigenvalue weighted by atomic mass is 32.1. The number of nitrogens with zero attached hydrogens (tertiary/aromatic N) is 1. The molecule has 0 aliphatic rings. The van der Waals surface area contributed by atoms with Crippen molar-refractivity contribution in [2.24, 2.45) is 5.92 Å². The van der Waals surface area contributed by atoms with Gasteiger partial charge in [-0.25, -0.2) is 4.98 Å². The third-order valence-corrected chi connectivity index (χ3v) is 3.30. The minimum atomic E-state index is 0.456. The Balaban J connectivity index is 2.64. The van der Waals surface area contributed by atoms with E-state index in [1.54, 1.807) is 11.3 Å². The molecule has 0 aliphatic heterocycles. The maximum atomic E-state index is 5.92. The molecule has 2 heterocycles. The van der Waals surface area contributed by atoms with Crippen molar-refractivity contribution < 1.29 is 0 Å². The lowest BCUT2D eigenvalue weighted by atomic mass is 10.0. The molecule has 0 unspecified atom stereocenters. The van der Waals surface area contributed by atoms with Gasteiger partial charge in [0.2, 0.25) is 0 Å². The first-order valence-corrected chi connectivity index (χ1v) is 6.12. The first-order valence-electron chi connectivity index (χ1n) is 4.84. The van der Waals surface area contributed by atoms with Crippen LogP contribution in [0.4, 0.5) is 5.82 Å². The van der Waals surface area contributed by atoms with Gasteiger partial charge in [-0.3, -0.25) is 0 Å². The fourth-order valence-electron chi connectivity index (χ4n) is 1.64. The van der Waals surface area contributed by atoms with Crippen LogP contribution in [0.2, 0.25) is 0 Å². The molecule has 0 aliphatic carbocycles. The lowest BCUT2D eigenvalue weighted by Crippen LogP contribution is -1.97. The average molecular weight is 239 g/mol. The van der Waals surface area contributed by atoms with Crippen LogP contribution in [0, 0.1) is 10.7 Å². The first-order chi connectivity index (χ1) is 7.08. The lowest BCUT2D eigenvalue weighted by Gasteiger charge is -2.04. The van der Waals surface area contributed by atoms with Crippen LogP contribution in [0.25, 0.3) is 10.2 Å². The van der Waals surface area contributed by atoms with Crippen molar-refractivity contribution in [3.63, 3.8) is 0 Å². The number of hydrogen-bond donors (Lipinski definition) is 2. The molecular weight excluding hydrogens is 226 g/mol. The largest absolute Gasteiger partial charge is 0.385 e. The topological polar surface area (TPSA) is 54.7 Å². The van der Waals surface area contributed by atoms with Crippen LogP contribution in [-0.4, -0.2) is 9.97 Å². The second-order valence-electron chi connectivity index (χ2n) is 3.99. The maximum absolute atomic E-state index is 5.92. The van der Waals surface area contributed by atoms with Gasteiger partial charge in [0.15, 0.2) is 4.77 Å². The molecule has 15 heavy (non-hydrogen) atoms. The minimum absolute atomic E-state index is 0.456. The number of nitrogens with two attached hydrogens (primary N) is 1. The summed E-state index contributed by atoms with van der Waals surface area (Å²) in [5, 5.41) is 3.17. The van der Waals surface area contributed by atoms with Gasteiger partial charge in [-0.1, -0.05) is 13.8 Å². The molecule has 0 spiro atoms. The Morgan fingerprint density at radius 3 is 3.00 bits per heavy atom. The number of anilines is 1. The predicted octanol–water partition coefficient (Wildman–Crippen LogP) is 3.13. The average Bonchev–Trinajstić information content (AvgIpc) is 2.46. The zero-order chi connectivity index (χ0) is 11.0. The molecule has 2 aromatic heterocycles. The number of H-pyrrole nitrogens is 1.